The number of hydrogen-bond acceptors (Lipinski definition) is 4. The molecular weight excluding hydrogens is 296 g/mol. The molecule has 0 unspecified atom stereocenters. The summed E-state index contributed by atoms with van der Waals surface area (Å²) in [5, 5.41) is 2.02. The van der Waals surface area contributed by atoms with Crippen LogP contribution in [0, 0.1) is 5.92 Å². The van der Waals surface area contributed by atoms with E-state index >= 15 is 0 Å². The molecule has 122 valence electrons. The molecule has 4 rings (SSSR count). The van der Waals surface area contributed by atoms with E-state index in [0.717, 1.165) is 44.8 Å². The summed E-state index contributed by atoms with van der Waals surface area (Å²) in [4.78, 5) is 18.7. The SMILES string of the molecule is CCc1cc(C(=O)N2C[C@H]3CC[C@@H](C2)N(CCOC)C3)cs1. The predicted octanol–water partition coefficient (Wildman–Crippen LogP) is 2.49. The molecule has 1 aromatic rings. The highest BCUT2D eigenvalue weighted by atomic mass is 32.1. The Morgan fingerprint density at radius 3 is 2.95 bits per heavy atom. The number of aryl methyl sites for hydroxylation is 1. The molecule has 2 bridgehead atoms. The molecule has 0 spiro atoms. The van der Waals surface area contributed by atoms with Gasteiger partial charge in [-0.1, -0.05) is 6.92 Å². The van der Waals surface area contributed by atoms with Crippen LogP contribution in [-0.4, -0.2) is 61.6 Å². The first-order valence-corrected chi connectivity index (χ1v) is 9.19. The van der Waals surface area contributed by atoms with Gasteiger partial charge in [-0.3, -0.25) is 9.69 Å². The maximum absolute atomic E-state index is 12.8. The maximum atomic E-state index is 12.8. The second kappa shape index (κ2) is 7.11. The van der Waals surface area contributed by atoms with E-state index in [4.69, 9.17) is 4.74 Å². The van der Waals surface area contributed by atoms with Crippen LogP contribution in [0.2, 0.25) is 0 Å². The van der Waals surface area contributed by atoms with E-state index in [9.17, 15) is 4.79 Å². The smallest absolute Gasteiger partial charge is 0.254 e. The van der Waals surface area contributed by atoms with Gasteiger partial charge in [-0.2, -0.15) is 0 Å². The first-order valence-electron chi connectivity index (χ1n) is 8.31. The highest BCUT2D eigenvalue weighted by molar-refractivity contribution is 7.10. The number of carbonyl (C=O) groups excluding carboxylic acids is 1. The third-order valence-corrected chi connectivity index (χ3v) is 6.03. The van der Waals surface area contributed by atoms with Gasteiger partial charge in [0, 0.05) is 49.6 Å². The molecular formula is C17H26N2O2S. The fraction of sp³-hybridized carbons (Fsp3) is 0.706. The molecule has 3 aliphatic heterocycles. The van der Waals surface area contributed by atoms with Gasteiger partial charge in [-0.05, 0) is 31.2 Å². The molecule has 5 heteroatoms. The van der Waals surface area contributed by atoms with Gasteiger partial charge in [0.15, 0.2) is 0 Å². The third-order valence-electron chi connectivity index (χ3n) is 4.95. The minimum absolute atomic E-state index is 0.224. The lowest BCUT2D eigenvalue weighted by molar-refractivity contribution is 0.0718. The molecule has 0 radical (unpaired) electrons. The topological polar surface area (TPSA) is 32.8 Å². The molecule has 0 N–H and O–H groups in total. The van der Waals surface area contributed by atoms with E-state index < -0.39 is 0 Å². The maximum Gasteiger partial charge on any atom is 0.254 e. The highest BCUT2D eigenvalue weighted by Gasteiger charge is 2.36. The van der Waals surface area contributed by atoms with Gasteiger partial charge in [-0.25, -0.2) is 0 Å². The number of methoxy groups -OCH3 is 1. The number of rotatable bonds is 5. The Morgan fingerprint density at radius 1 is 1.36 bits per heavy atom. The van der Waals surface area contributed by atoms with Crippen molar-refractivity contribution in [2.45, 2.75) is 32.2 Å². The first-order chi connectivity index (χ1) is 10.7. The Bertz CT molecular complexity index is 517. The summed E-state index contributed by atoms with van der Waals surface area (Å²) >= 11 is 1.70. The standard InChI is InChI=1S/C17H26N2O2S/c1-3-16-8-14(12-22-16)17(20)19-10-13-4-5-15(11-19)18(9-13)6-7-21-2/h8,12-13,15H,3-7,9-11H2,1-2H3/t13-,15-/m0/s1. The molecule has 4 nitrogen and oxygen atoms in total. The molecule has 0 saturated carbocycles. The van der Waals surface area contributed by atoms with Crippen molar-refractivity contribution in [1.29, 1.82) is 0 Å². The lowest BCUT2D eigenvalue weighted by atomic mass is 9.95. The van der Waals surface area contributed by atoms with Crippen molar-refractivity contribution >= 4 is 17.2 Å². The molecule has 1 aromatic heterocycles. The van der Waals surface area contributed by atoms with Crippen LogP contribution in [0.25, 0.3) is 0 Å². The summed E-state index contributed by atoms with van der Waals surface area (Å²) in [7, 11) is 1.76. The van der Waals surface area contributed by atoms with E-state index in [1.165, 1.54) is 17.7 Å². The van der Waals surface area contributed by atoms with Crippen molar-refractivity contribution in [2.75, 3.05) is 39.9 Å². The molecule has 0 aromatic carbocycles. The molecule has 2 atom stereocenters. The quantitative estimate of drug-likeness (QED) is 0.835. The van der Waals surface area contributed by atoms with Crippen LogP contribution in [0.3, 0.4) is 0 Å². The Labute approximate surface area is 137 Å². The van der Waals surface area contributed by atoms with E-state index in [0.29, 0.717) is 12.0 Å². The lowest BCUT2D eigenvalue weighted by Crippen LogP contribution is -2.45. The zero-order chi connectivity index (χ0) is 15.5. The van der Waals surface area contributed by atoms with Gasteiger partial charge < -0.3 is 9.64 Å². The summed E-state index contributed by atoms with van der Waals surface area (Å²) in [5.41, 5.74) is 0.881. The van der Waals surface area contributed by atoms with Crippen LogP contribution in [0.15, 0.2) is 11.4 Å². The largest absolute Gasteiger partial charge is 0.383 e. The Balaban J connectivity index is 1.69. The number of piperidine rings is 1. The summed E-state index contributed by atoms with van der Waals surface area (Å²) < 4.78 is 5.23. The number of fused-ring (bicyclic) bond motifs is 4. The highest BCUT2D eigenvalue weighted by Crippen LogP contribution is 2.29. The normalized spacial score (nSPS) is 25.5. The van der Waals surface area contributed by atoms with Crippen LogP contribution in [0.4, 0.5) is 0 Å². The van der Waals surface area contributed by atoms with Crippen LogP contribution < -0.4 is 0 Å². The number of ether oxygens (including phenoxy) is 1. The zero-order valence-corrected chi connectivity index (χ0v) is 14.4. The van der Waals surface area contributed by atoms with Crippen molar-refractivity contribution in [3.63, 3.8) is 0 Å². The van der Waals surface area contributed by atoms with Gasteiger partial charge >= 0.3 is 0 Å². The van der Waals surface area contributed by atoms with Crippen molar-refractivity contribution in [2.24, 2.45) is 5.92 Å². The van der Waals surface area contributed by atoms with E-state index in [-0.39, 0.29) is 5.91 Å². The van der Waals surface area contributed by atoms with Crippen molar-refractivity contribution in [3.05, 3.63) is 21.9 Å². The summed E-state index contributed by atoms with van der Waals surface area (Å²) in [6, 6.07) is 2.57. The van der Waals surface area contributed by atoms with Crippen LogP contribution in [0.5, 0.6) is 0 Å². The third kappa shape index (κ3) is 3.36. The Hall–Kier alpha value is -0.910. The van der Waals surface area contributed by atoms with Gasteiger partial charge in [0.05, 0.1) is 12.2 Å². The second-order valence-electron chi connectivity index (χ2n) is 6.45. The van der Waals surface area contributed by atoms with E-state index in [2.05, 4.69) is 22.8 Å². The number of nitrogens with zero attached hydrogens (tertiary/aromatic N) is 2. The van der Waals surface area contributed by atoms with E-state index in [1.807, 2.05) is 5.38 Å². The average molecular weight is 322 g/mol. The molecule has 0 aliphatic carbocycles. The number of carbonyl (C=O) groups is 1. The first kappa shape index (κ1) is 16.0. The van der Waals surface area contributed by atoms with Gasteiger partial charge in [0.25, 0.3) is 5.91 Å². The van der Waals surface area contributed by atoms with Crippen LogP contribution in [-0.2, 0) is 11.2 Å². The fourth-order valence-electron chi connectivity index (χ4n) is 3.69. The Morgan fingerprint density at radius 2 is 2.23 bits per heavy atom. The van der Waals surface area contributed by atoms with Gasteiger partial charge in [0.2, 0.25) is 0 Å². The molecule has 1 amide bonds. The van der Waals surface area contributed by atoms with Crippen LogP contribution >= 0.6 is 11.3 Å². The molecule has 4 heterocycles. The second-order valence-corrected chi connectivity index (χ2v) is 7.45. The number of thiophene rings is 1. The van der Waals surface area contributed by atoms with E-state index in [1.54, 1.807) is 18.4 Å². The number of hydrogen-bond donors (Lipinski definition) is 0. The summed E-state index contributed by atoms with van der Waals surface area (Å²) in [6.07, 6.45) is 3.47. The predicted molar refractivity (Wildman–Crippen MR) is 89.6 cm³/mol. The average Bonchev–Trinajstić information content (AvgIpc) is 2.84. The van der Waals surface area contributed by atoms with Crippen molar-refractivity contribution in [1.82, 2.24) is 9.80 Å². The van der Waals surface area contributed by atoms with Crippen molar-refractivity contribution in [3.8, 4) is 0 Å². The lowest BCUT2D eigenvalue weighted by Gasteiger charge is -2.35. The molecule has 22 heavy (non-hydrogen) atoms. The van der Waals surface area contributed by atoms with Gasteiger partial charge in [-0.15, -0.1) is 11.3 Å². The zero-order valence-electron chi connectivity index (χ0n) is 13.6. The summed E-state index contributed by atoms with van der Waals surface area (Å²) in [5.74, 6) is 0.838. The minimum Gasteiger partial charge on any atom is -0.383 e. The fourth-order valence-corrected chi connectivity index (χ4v) is 4.50. The van der Waals surface area contributed by atoms with Crippen LogP contribution in [0.1, 0.15) is 35.0 Å². The molecule has 3 aliphatic rings. The molecule has 3 saturated heterocycles. The summed E-state index contributed by atoms with van der Waals surface area (Å²) in [6.45, 7) is 6.80. The minimum atomic E-state index is 0.224. The number of amides is 1. The monoisotopic (exact) mass is 322 g/mol. The van der Waals surface area contributed by atoms with Gasteiger partial charge in [0.1, 0.15) is 0 Å². The Kier molecular flexibility index (Phi) is 5.16. The molecule has 3 fully saturated rings. The van der Waals surface area contributed by atoms with Crippen molar-refractivity contribution < 1.29 is 9.53 Å².